The normalized spacial score (nSPS) is 21.4. The third-order valence-electron chi connectivity index (χ3n) is 3.71. The maximum Gasteiger partial charge on any atom is 0.345 e. The van der Waals surface area contributed by atoms with Gasteiger partial charge in [-0.3, -0.25) is 0 Å². The van der Waals surface area contributed by atoms with E-state index in [0.29, 0.717) is 5.84 Å². The monoisotopic (exact) mass is 215 g/mol. The Morgan fingerprint density at radius 2 is 1.88 bits per heavy atom. The third-order valence-corrected chi connectivity index (χ3v) is 3.71. The second-order valence-corrected chi connectivity index (χ2v) is 4.49. The molecular weight excluding hydrogens is 202 g/mol. The molecule has 2 N–H and O–H groups in total. The van der Waals surface area contributed by atoms with Crippen molar-refractivity contribution < 1.29 is 4.79 Å². The van der Waals surface area contributed by atoms with Crippen molar-refractivity contribution in [3.8, 4) is 0 Å². The summed E-state index contributed by atoms with van der Waals surface area (Å²) in [6.45, 7) is 0. The fourth-order valence-electron chi connectivity index (χ4n) is 2.65. The van der Waals surface area contributed by atoms with Crippen LogP contribution in [0, 0.1) is 0 Å². The van der Waals surface area contributed by atoms with E-state index < -0.39 is 5.54 Å². The van der Waals surface area contributed by atoms with Gasteiger partial charge in [-0.1, -0.05) is 24.3 Å². The number of fused-ring (bicyclic) bond motifs is 1. The molecule has 0 fully saturated rings. The topological polar surface area (TPSA) is 58.7 Å². The second-order valence-electron chi connectivity index (χ2n) is 4.49. The van der Waals surface area contributed by atoms with E-state index in [1.54, 1.807) is 11.9 Å². The minimum absolute atomic E-state index is 0.231. The van der Waals surface area contributed by atoms with Crippen LogP contribution in [0.25, 0.3) is 0 Å². The zero-order valence-electron chi connectivity index (χ0n) is 9.10. The molecule has 1 aromatic rings. The zero-order chi connectivity index (χ0) is 11.3. The Labute approximate surface area is 93.8 Å². The first-order chi connectivity index (χ1) is 7.63. The number of amides is 2. The average Bonchev–Trinajstić information content (AvgIpc) is 2.75. The van der Waals surface area contributed by atoms with Gasteiger partial charge in [0.05, 0.1) is 0 Å². The van der Waals surface area contributed by atoms with Crippen LogP contribution in [0.2, 0.25) is 0 Å². The molecule has 1 aliphatic carbocycles. The van der Waals surface area contributed by atoms with Gasteiger partial charge in [-0.25, -0.2) is 4.79 Å². The molecule has 1 aliphatic heterocycles. The molecular formula is C12H13N3O. The van der Waals surface area contributed by atoms with Gasteiger partial charge < -0.3 is 10.6 Å². The zero-order valence-corrected chi connectivity index (χ0v) is 9.10. The van der Waals surface area contributed by atoms with Crippen molar-refractivity contribution in [3.05, 3.63) is 35.4 Å². The standard InChI is InChI=1S/C12H13N3O/c1-15-11(16)14-10(13)12(15)6-8-4-2-3-5-9(8)7-12/h2-5H,6-7H2,1H3,(H2,13,14,16). The highest BCUT2D eigenvalue weighted by atomic mass is 16.2. The van der Waals surface area contributed by atoms with E-state index in [1.165, 1.54) is 11.1 Å². The van der Waals surface area contributed by atoms with Crippen molar-refractivity contribution >= 4 is 11.9 Å². The van der Waals surface area contributed by atoms with Crippen LogP contribution in [0.1, 0.15) is 11.1 Å². The Balaban J connectivity index is 2.07. The number of nitrogens with zero attached hydrogens (tertiary/aromatic N) is 2. The van der Waals surface area contributed by atoms with Crippen molar-refractivity contribution in [1.82, 2.24) is 4.90 Å². The predicted molar refractivity (Wildman–Crippen MR) is 61.4 cm³/mol. The maximum atomic E-state index is 11.6. The highest BCUT2D eigenvalue weighted by molar-refractivity contribution is 6.06. The number of carbonyl (C=O) groups is 1. The van der Waals surface area contributed by atoms with Gasteiger partial charge in [0.25, 0.3) is 0 Å². The lowest BCUT2D eigenvalue weighted by Gasteiger charge is -2.31. The van der Waals surface area contributed by atoms with E-state index in [1.807, 2.05) is 12.1 Å². The van der Waals surface area contributed by atoms with Crippen LogP contribution in [0.15, 0.2) is 29.3 Å². The molecule has 0 saturated heterocycles. The summed E-state index contributed by atoms with van der Waals surface area (Å²) in [5.41, 5.74) is 8.05. The van der Waals surface area contributed by atoms with Crippen LogP contribution in [-0.2, 0) is 12.8 Å². The van der Waals surface area contributed by atoms with Crippen molar-refractivity contribution in [2.75, 3.05) is 7.05 Å². The molecule has 3 rings (SSSR count). The number of hydrogen-bond acceptors (Lipinski definition) is 2. The molecule has 1 spiro atoms. The fourth-order valence-corrected chi connectivity index (χ4v) is 2.65. The molecule has 16 heavy (non-hydrogen) atoms. The fraction of sp³-hybridized carbons (Fsp3) is 0.333. The highest BCUT2D eigenvalue weighted by Crippen LogP contribution is 2.37. The summed E-state index contributed by atoms with van der Waals surface area (Å²) in [4.78, 5) is 17.1. The number of benzene rings is 1. The van der Waals surface area contributed by atoms with Gasteiger partial charge >= 0.3 is 6.03 Å². The van der Waals surface area contributed by atoms with Crippen LogP contribution in [0.5, 0.6) is 0 Å². The van der Waals surface area contributed by atoms with Crippen LogP contribution in [0.3, 0.4) is 0 Å². The first-order valence-electron chi connectivity index (χ1n) is 5.33. The van der Waals surface area contributed by atoms with Gasteiger partial charge in [-0.15, -0.1) is 0 Å². The van der Waals surface area contributed by atoms with Crippen LogP contribution < -0.4 is 5.73 Å². The Morgan fingerprint density at radius 1 is 1.31 bits per heavy atom. The van der Waals surface area contributed by atoms with Gasteiger partial charge in [0.15, 0.2) is 0 Å². The molecule has 2 amide bonds. The lowest BCUT2D eigenvalue weighted by molar-refractivity contribution is 0.194. The Hall–Kier alpha value is -1.84. The van der Waals surface area contributed by atoms with Crippen LogP contribution in [-0.4, -0.2) is 29.4 Å². The summed E-state index contributed by atoms with van der Waals surface area (Å²) in [5.74, 6) is 0.455. The quantitative estimate of drug-likeness (QED) is 0.700. The molecule has 0 bridgehead atoms. The summed E-state index contributed by atoms with van der Waals surface area (Å²) >= 11 is 0. The van der Waals surface area contributed by atoms with Gasteiger partial charge in [-0.2, -0.15) is 4.99 Å². The number of aliphatic imine (C=N–C) groups is 1. The molecule has 4 nitrogen and oxygen atoms in total. The molecule has 0 radical (unpaired) electrons. The summed E-state index contributed by atoms with van der Waals surface area (Å²) in [7, 11) is 1.78. The number of rotatable bonds is 0. The van der Waals surface area contributed by atoms with E-state index in [2.05, 4.69) is 17.1 Å². The summed E-state index contributed by atoms with van der Waals surface area (Å²) < 4.78 is 0. The molecule has 0 saturated carbocycles. The van der Waals surface area contributed by atoms with Gasteiger partial charge in [0.2, 0.25) is 0 Å². The lowest BCUT2D eigenvalue weighted by Crippen LogP contribution is -2.53. The number of amidine groups is 1. The first-order valence-corrected chi connectivity index (χ1v) is 5.33. The van der Waals surface area contributed by atoms with E-state index in [-0.39, 0.29) is 6.03 Å². The third kappa shape index (κ3) is 0.988. The van der Waals surface area contributed by atoms with E-state index in [4.69, 9.17) is 5.73 Å². The van der Waals surface area contributed by atoms with Gasteiger partial charge in [0, 0.05) is 19.9 Å². The number of urea groups is 1. The van der Waals surface area contributed by atoms with E-state index in [0.717, 1.165) is 12.8 Å². The number of carbonyl (C=O) groups excluding carboxylic acids is 1. The SMILES string of the molecule is CN1C(=O)N=C(N)C12Cc1ccccc1C2. The van der Waals surface area contributed by atoms with Crippen molar-refractivity contribution in [1.29, 1.82) is 0 Å². The van der Waals surface area contributed by atoms with E-state index in [9.17, 15) is 4.79 Å². The lowest BCUT2D eigenvalue weighted by atomic mass is 9.94. The second kappa shape index (κ2) is 2.84. The number of likely N-dealkylation sites (N-methyl/N-ethyl adjacent to an activating group) is 1. The predicted octanol–water partition coefficient (Wildman–Crippen LogP) is 0.947. The molecule has 2 aliphatic rings. The van der Waals surface area contributed by atoms with Crippen LogP contribution in [0.4, 0.5) is 4.79 Å². The summed E-state index contributed by atoms with van der Waals surface area (Å²) in [5, 5.41) is 0. The molecule has 0 unspecified atom stereocenters. The van der Waals surface area contributed by atoms with Crippen molar-refractivity contribution in [2.24, 2.45) is 10.7 Å². The smallest absolute Gasteiger partial charge is 0.345 e. The number of hydrogen-bond donors (Lipinski definition) is 1. The summed E-state index contributed by atoms with van der Waals surface area (Å²) in [6.07, 6.45) is 1.56. The highest BCUT2D eigenvalue weighted by Gasteiger charge is 2.49. The van der Waals surface area contributed by atoms with Crippen LogP contribution >= 0.6 is 0 Å². The first kappa shape index (κ1) is 9.39. The minimum atomic E-state index is -0.402. The molecule has 1 aromatic carbocycles. The average molecular weight is 215 g/mol. The largest absolute Gasteiger partial charge is 0.385 e. The molecule has 1 heterocycles. The van der Waals surface area contributed by atoms with Crippen molar-refractivity contribution in [3.63, 3.8) is 0 Å². The molecule has 0 aromatic heterocycles. The molecule has 4 heteroatoms. The van der Waals surface area contributed by atoms with Gasteiger partial charge in [0.1, 0.15) is 11.4 Å². The molecule has 0 atom stereocenters. The van der Waals surface area contributed by atoms with Crippen molar-refractivity contribution in [2.45, 2.75) is 18.4 Å². The Kier molecular flexibility index (Phi) is 1.67. The number of nitrogens with two attached hydrogens (primary N) is 1. The Bertz CT molecular complexity index is 482. The van der Waals surface area contributed by atoms with Gasteiger partial charge in [-0.05, 0) is 11.1 Å². The molecule has 82 valence electrons. The minimum Gasteiger partial charge on any atom is -0.385 e. The summed E-state index contributed by atoms with van der Waals surface area (Å²) in [6, 6.07) is 7.98. The maximum absolute atomic E-state index is 11.6. The van der Waals surface area contributed by atoms with E-state index >= 15 is 0 Å². The Morgan fingerprint density at radius 3 is 2.31 bits per heavy atom.